The highest BCUT2D eigenvalue weighted by Crippen LogP contribution is 2.76. The van der Waals surface area contributed by atoms with E-state index in [4.69, 9.17) is 0 Å². The van der Waals surface area contributed by atoms with E-state index in [0.29, 0.717) is 52.6 Å². The fourth-order valence-corrected chi connectivity index (χ4v) is 17.5. The van der Waals surface area contributed by atoms with Gasteiger partial charge in [-0.25, -0.2) is 8.42 Å². The minimum Gasteiger partial charge on any atom is -0.481 e. The standard InChI is InChI=1S/C43H66N2O4S/c1-27(2)32-14-19-43(44-22-23-45-25-31-24-30(45)26-50(31,48)49)21-20-41(6)34(37(32)43)12-13-36-40(5)17-15-33(28-8-10-29(11-9-28)38(46)47)39(3,4)35(40)16-18-42(36,41)7/h8,15,29-32,34-37,44H,1,9-14,16-26H2,2-7H3,(H,46,47)/t29-,30-,31+,32+,34-,35+,36-,37-,40+,41-,42-,43+/m1/s1. The summed E-state index contributed by atoms with van der Waals surface area (Å²) in [5.41, 5.74) is 5.47. The van der Waals surface area contributed by atoms with Crippen LogP contribution in [0, 0.1) is 57.2 Å². The number of hydrogen-bond acceptors (Lipinski definition) is 5. The number of nitrogens with zero attached hydrogens (tertiary/aromatic N) is 1. The summed E-state index contributed by atoms with van der Waals surface area (Å²) in [4.78, 5) is 14.2. The molecular weight excluding hydrogens is 641 g/mol. The Kier molecular flexibility index (Phi) is 8.38. The number of rotatable bonds is 7. The summed E-state index contributed by atoms with van der Waals surface area (Å²) in [6, 6.07) is 0.229. The lowest BCUT2D eigenvalue weighted by molar-refractivity contribution is -0.221. The summed E-state index contributed by atoms with van der Waals surface area (Å²) >= 11 is 0. The molecule has 0 radical (unpaired) electrons. The highest BCUT2D eigenvalue weighted by molar-refractivity contribution is 7.92. The Labute approximate surface area is 303 Å². The Hall–Kier alpha value is -1.44. The van der Waals surface area contributed by atoms with Gasteiger partial charge in [-0.2, -0.15) is 0 Å². The van der Waals surface area contributed by atoms with E-state index in [-0.39, 0.29) is 33.6 Å². The van der Waals surface area contributed by atoms with Gasteiger partial charge in [0.2, 0.25) is 0 Å². The summed E-state index contributed by atoms with van der Waals surface area (Å²) in [7, 11) is -2.86. The van der Waals surface area contributed by atoms with Gasteiger partial charge in [0, 0.05) is 31.2 Å². The minimum atomic E-state index is -2.86. The van der Waals surface area contributed by atoms with Gasteiger partial charge < -0.3 is 10.4 Å². The molecule has 0 aromatic carbocycles. The van der Waals surface area contributed by atoms with E-state index in [2.05, 4.69) is 70.5 Å². The van der Waals surface area contributed by atoms with Crippen LogP contribution in [0.25, 0.3) is 0 Å². The van der Waals surface area contributed by atoms with Crippen LogP contribution in [-0.2, 0) is 14.6 Å². The number of aliphatic carboxylic acids is 1. The molecule has 6 nitrogen and oxygen atoms in total. The Bertz CT molecular complexity index is 1610. The predicted octanol–water partition coefficient (Wildman–Crippen LogP) is 8.20. The van der Waals surface area contributed by atoms with Crippen molar-refractivity contribution < 1.29 is 18.3 Å². The van der Waals surface area contributed by atoms with Gasteiger partial charge in [0.05, 0.1) is 16.9 Å². The van der Waals surface area contributed by atoms with Crippen molar-refractivity contribution in [1.29, 1.82) is 0 Å². The van der Waals surface area contributed by atoms with Crippen molar-refractivity contribution in [3.8, 4) is 0 Å². The van der Waals surface area contributed by atoms with E-state index in [0.717, 1.165) is 45.3 Å². The number of nitrogens with one attached hydrogen (secondary N) is 1. The first-order chi connectivity index (χ1) is 23.5. The van der Waals surface area contributed by atoms with Gasteiger partial charge in [-0.1, -0.05) is 58.9 Å². The van der Waals surface area contributed by atoms with Gasteiger partial charge in [0.25, 0.3) is 0 Å². The lowest BCUT2D eigenvalue weighted by atomic mass is 9.33. The van der Waals surface area contributed by atoms with Crippen LogP contribution in [0.15, 0.2) is 35.5 Å². The number of carboxylic acid groups (broad SMARTS) is 1. The average Bonchev–Trinajstić information content (AvgIpc) is 3.72. The molecule has 8 rings (SSSR count). The van der Waals surface area contributed by atoms with Crippen LogP contribution >= 0.6 is 0 Å². The molecule has 6 fully saturated rings. The van der Waals surface area contributed by atoms with Crippen molar-refractivity contribution in [2.45, 2.75) is 142 Å². The zero-order valence-corrected chi connectivity index (χ0v) is 32.8. The van der Waals surface area contributed by atoms with Crippen molar-refractivity contribution in [1.82, 2.24) is 10.2 Å². The van der Waals surface area contributed by atoms with Gasteiger partial charge in [-0.05, 0) is 153 Å². The largest absolute Gasteiger partial charge is 0.481 e. The zero-order valence-electron chi connectivity index (χ0n) is 32.0. The fourth-order valence-electron chi connectivity index (χ4n) is 15.4. The second-order valence-corrected chi connectivity index (χ2v) is 22.5. The quantitative estimate of drug-likeness (QED) is 0.260. The molecule has 0 unspecified atom stereocenters. The van der Waals surface area contributed by atoms with Crippen LogP contribution in [0.2, 0.25) is 0 Å². The molecule has 12 atom stereocenters. The molecule has 278 valence electrons. The fraction of sp³-hybridized carbons (Fsp3) is 0.837. The molecule has 7 heteroatoms. The molecule has 0 spiro atoms. The zero-order chi connectivity index (χ0) is 35.6. The first kappa shape index (κ1) is 35.6. The van der Waals surface area contributed by atoms with Crippen molar-refractivity contribution in [3.63, 3.8) is 0 Å². The van der Waals surface area contributed by atoms with Crippen molar-refractivity contribution in [2.24, 2.45) is 57.2 Å². The van der Waals surface area contributed by atoms with Crippen LogP contribution < -0.4 is 5.32 Å². The highest BCUT2D eigenvalue weighted by Gasteiger charge is 2.70. The summed E-state index contributed by atoms with van der Waals surface area (Å²) in [5.74, 6) is 2.74. The topological polar surface area (TPSA) is 86.7 Å². The van der Waals surface area contributed by atoms with E-state index in [1.807, 2.05) is 0 Å². The molecular formula is C43H66N2O4S. The van der Waals surface area contributed by atoms with Crippen molar-refractivity contribution in [2.75, 3.05) is 25.4 Å². The lowest BCUT2D eigenvalue weighted by Crippen LogP contribution is -2.68. The van der Waals surface area contributed by atoms with Gasteiger partial charge in [0.15, 0.2) is 9.84 Å². The summed E-state index contributed by atoms with van der Waals surface area (Å²) in [6.07, 6.45) is 19.5. The van der Waals surface area contributed by atoms with Crippen LogP contribution in [0.4, 0.5) is 0 Å². The number of carboxylic acids is 1. The summed E-state index contributed by atoms with van der Waals surface area (Å²) in [6.45, 7) is 22.7. The number of sulfone groups is 1. The lowest BCUT2D eigenvalue weighted by Gasteiger charge is -2.72. The van der Waals surface area contributed by atoms with Gasteiger partial charge in [-0.15, -0.1) is 0 Å². The molecule has 0 aromatic rings. The molecule has 6 aliphatic carbocycles. The molecule has 2 bridgehead atoms. The van der Waals surface area contributed by atoms with Crippen LogP contribution in [0.1, 0.15) is 125 Å². The van der Waals surface area contributed by atoms with Crippen LogP contribution in [-0.4, -0.2) is 66.6 Å². The molecule has 2 N–H and O–H groups in total. The third kappa shape index (κ3) is 4.96. The van der Waals surface area contributed by atoms with E-state index in [1.54, 1.807) is 0 Å². The molecule has 0 amide bonds. The molecule has 50 heavy (non-hydrogen) atoms. The SMILES string of the molecule is C=C(C)[C@@H]1CC[C@]2(NCCN3C[C@@H]4C[C@@H]3CS4(=O)=O)CC[C@]3(C)[C@H](CC[C@@H]4[C@@]5(C)CC=C(C6=CC[C@@H](C(=O)O)CC6)C(C)(C)[C@@H]5CC[C@]43C)[C@@H]12. The summed E-state index contributed by atoms with van der Waals surface area (Å²) in [5, 5.41) is 13.7. The van der Waals surface area contributed by atoms with Gasteiger partial charge in [0.1, 0.15) is 0 Å². The average molecular weight is 707 g/mol. The number of hydrogen-bond donors (Lipinski definition) is 2. The van der Waals surface area contributed by atoms with E-state index < -0.39 is 15.8 Å². The Balaban J connectivity index is 1.04. The predicted molar refractivity (Wildman–Crippen MR) is 201 cm³/mol. The van der Waals surface area contributed by atoms with Gasteiger partial charge >= 0.3 is 5.97 Å². The van der Waals surface area contributed by atoms with E-state index in [1.165, 1.54) is 68.1 Å². The maximum Gasteiger partial charge on any atom is 0.306 e. The maximum atomic E-state index is 12.4. The Morgan fingerprint density at radius 2 is 1.76 bits per heavy atom. The van der Waals surface area contributed by atoms with Crippen LogP contribution in [0.5, 0.6) is 0 Å². The van der Waals surface area contributed by atoms with Crippen LogP contribution in [0.3, 0.4) is 0 Å². The van der Waals surface area contributed by atoms with E-state index in [9.17, 15) is 18.3 Å². The van der Waals surface area contributed by atoms with Gasteiger partial charge in [-0.3, -0.25) is 9.69 Å². The minimum absolute atomic E-state index is 0.0924. The second-order valence-electron chi connectivity index (χ2n) is 20.2. The first-order valence-corrected chi connectivity index (χ1v) is 22.2. The molecule has 2 heterocycles. The smallest absolute Gasteiger partial charge is 0.306 e. The number of likely N-dealkylation sites (tertiary alicyclic amines) is 1. The molecule has 8 aliphatic rings. The number of allylic oxidation sites excluding steroid dienone is 5. The Morgan fingerprint density at radius 1 is 0.980 bits per heavy atom. The Morgan fingerprint density at radius 3 is 2.40 bits per heavy atom. The molecule has 2 saturated heterocycles. The first-order valence-electron chi connectivity index (χ1n) is 20.5. The highest BCUT2D eigenvalue weighted by atomic mass is 32.2. The second kappa shape index (κ2) is 11.8. The third-order valence-electron chi connectivity index (χ3n) is 18.0. The van der Waals surface area contributed by atoms with E-state index >= 15 is 0 Å². The molecule has 2 aliphatic heterocycles. The van der Waals surface area contributed by atoms with Crippen molar-refractivity contribution >= 4 is 15.8 Å². The number of carbonyl (C=O) groups is 1. The maximum absolute atomic E-state index is 12.4. The normalized spacial score (nSPS) is 48.8. The number of fused-ring (bicyclic) bond motifs is 9. The summed E-state index contributed by atoms with van der Waals surface area (Å²) < 4.78 is 24.8. The third-order valence-corrected chi connectivity index (χ3v) is 20.3. The molecule has 0 aromatic heterocycles. The molecule has 4 saturated carbocycles. The van der Waals surface area contributed by atoms with Crippen molar-refractivity contribution in [3.05, 3.63) is 35.5 Å². The monoisotopic (exact) mass is 706 g/mol.